The van der Waals surface area contributed by atoms with E-state index in [2.05, 4.69) is 18.6 Å². The Balaban J connectivity index is -0.000000214. The van der Waals surface area contributed by atoms with Crippen molar-refractivity contribution in [3.8, 4) is 0 Å². The van der Waals surface area contributed by atoms with Gasteiger partial charge in [0.05, 0.1) is 0 Å². The van der Waals surface area contributed by atoms with Gasteiger partial charge < -0.3 is 9.53 Å². The molecule has 0 radical (unpaired) electrons. The van der Waals surface area contributed by atoms with Crippen molar-refractivity contribution in [2.45, 2.75) is 34.1 Å². The average molecular weight is 304 g/mol. The number of rotatable bonds is 0. The summed E-state index contributed by atoms with van der Waals surface area (Å²) in [5, 5.41) is 0. The number of methoxy groups -OCH3 is 1. The Morgan fingerprint density at radius 2 is 0.682 bits per heavy atom. The summed E-state index contributed by atoms with van der Waals surface area (Å²) in [5.74, 6) is 0.167. The number of hydrogen-bond acceptors (Lipinski definition) is 2. The lowest BCUT2D eigenvalue weighted by molar-refractivity contribution is -0.114. The number of Topliss-reactive ketones (excluding diaryl/α,β-unsaturated/α-hetero) is 1. The number of carbonyl (C=O) groups is 1. The molecule has 0 heterocycles. The molecule has 0 aliphatic carbocycles. The first-order valence-corrected chi connectivity index (χ1v) is 7.43. The summed E-state index contributed by atoms with van der Waals surface area (Å²) >= 11 is 0. The fourth-order valence-electron chi connectivity index (χ4n) is 0.770. The van der Waals surface area contributed by atoms with Crippen LogP contribution in [0.25, 0.3) is 0 Å². The molecule has 2 aromatic carbocycles. The van der Waals surface area contributed by atoms with E-state index in [9.17, 15) is 4.79 Å². The second kappa shape index (κ2) is 27.4. The van der Waals surface area contributed by atoms with Crippen LogP contribution in [-0.4, -0.2) is 20.0 Å². The van der Waals surface area contributed by atoms with Gasteiger partial charge >= 0.3 is 0 Å². The Labute approximate surface area is 137 Å². The molecule has 22 heavy (non-hydrogen) atoms. The smallest absolute Gasteiger partial charge is 0.126 e. The van der Waals surface area contributed by atoms with Gasteiger partial charge in [0.25, 0.3) is 0 Å². The minimum Gasteiger partial charge on any atom is -0.388 e. The molecule has 0 fully saturated rings. The lowest BCUT2D eigenvalue weighted by Crippen LogP contribution is -1.69. The van der Waals surface area contributed by atoms with Gasteiger partial charge in [0.2, 0.25) is 0 Å². The van der Waals surface area contributed by atoms with Crippen molar-refractivity contribution in [1.29, 1.82) is 0 Å². The van der Waals surface area contributed by atoms with Gasteiger partial charge in [0, 0.05) is 14.2 Å². The Morgan fingerprint density at radius 1 is 0.636 bits per heavy atom. The quantitative estimate of drug-likeness (QED) is 0.629. The van der Waals surface area contributed by atoms with E-state index < -0.39 is 0 Å². The summed E-state index contributed by atoms with van der Waals surface area (Å²) in [5.41, 5.74) is 0. The Kier molecular flexibility index (Phi) is 31.2. The third kappa shape index (κ3) is 51.9. The third-order valence-corrected chi connectivity index (χ3v) is 1.33. The first-order chi connectivity index (χ1) is 10.6. The second-order valence-corrected chi connectivity index (χ2v) is 4.33. The average Bonchev–Trinajstić information content (AvgIpc) is 2.52. The number of carbonyl (C=O) groups excluding carboxylic acids is 1. The molecule has 0 spiro atoms. The number of ether oxygens (including phenoxy) is 1. The van der Waals surface area contributed by atoms with Gasteiger partial charge in [-0.05, 0) is 13.8 Å². The molecule has 0 aromatic heterocycles. The Hall–Kier alpha value is -1.93. The molecule has 0 atom stereocenters. The minimum atomic E-state index is 0.167. The van der Waals surface area contributed by atoms with Crippen LogP contribution >= 0.6 is 0 Å². The van der Waals surface area contributed by atoms with Crippen molar-refractivity contribution in [2.24, 2.45) is 0 Å². The number of benzene rings is 2. The summed E-state index contributed by atoms with van der Waals surface area (Å²) in [6.45, 7) is 7.31. The van der Waals surface area contributed by atoms with Gasteiger partial charge in [-0.25, -0.2) is 0 Å². The zero-order valence-corrected chi connectivity index (χ0v) is 15.0. The van der Waals surface area contributed by atoms with Crippen molar-refractivity contribution >= 4 is 5.78 Å². The van der Waals surface area contributed by atoms with Gasteiger partial charge in [0.1, 0.15) is 5.78 Å². The summed E-state index contributed by atoms with van der Waals surface area (Å²) in [6.07, 6.45) is 1.25. The van der Waals surface area contributed by atoms with E-state index in [-0.39, 0.29) is 5.78 Å². The first kappa shape index (κ1) is 25.0. The highest BCUT2D eigenvalue weighted by Crippen LogP contribution is 1.80. The standard InChI is InChI=1S/2C6H6.C3H6O.C3H8.C2H6O/c2*1-2-4-6-5-3-1;1-3(2)4;2*1-3-2/h2*1-6H;1-2H3;3H2,1-2H3;1-2H3. The third-order valence-electron chi connectivity index (χ3n) is 1.33. The molecule has 2 nitrogen and oxygen atoms in total. The van der Waals surface area contributed by atoms with Gasteiger partial charge in [-0.3, -0.25) is 0 Å². The van der Waals surface area contributed by atoms with Crippen LogP contribution in [-0.2, 0) is 9.53 Å². The van der Waals surface area contributed by atoms with E-state index in [1.807, 2.05) is 72.8 Å². The topological polar surface area (TPSA) is 26.3 Å². The molecule has 0 bridgehead atoms. The Bertz CT molecular complexity index is 281. The van der Waals surface area contributed by atoms with E-state index in [1.165, 1.54) is 20.3 Å². The van der Waals surface area contributed by atoms with Gasteiger partial charge in [-0.1, -0.05) is 93.1 Å². The summed E-state index contributed by atoms with van der Waals surface area (Å²) in [7, 11) is 3.25. The molecule has 0 unspecified atom stereocenters. The van der Waals surface area contributed by atoms with E-state index in [1.54, 1.807) is 14.2 Å². The molecular weight excluding hydrogens is 272 g/mol. The highest BCUT2D eigenvalue weighted by Gasteiger charge is 1.62. The van der Waals surface area contributed by atoms with Gasteiger partial charge in [0.15, 0.2) is 0 Å². The molecular formula is C20H32O2. The van der Waals surface area contributed by atoms with Crippen molar-refractivity contribution in [1.82, 2.24) is 0 Å². The number of hydrogen-bond donors (Lipinski definition) is 0. The fraction of sp³-hybridized carbons (Fsp3) is 0.350. The van der Waals surface area contributed by atoms with Gasteiger partial charge in [-0.15, -0.1) is 0 Å². The van der Waals surface area contributed by atoms with Crippen molar-refractivity contribution in [2.75, 3.05) is 14.2 Å². The van der Waals surface area contributed by atoms with Crippen LogP contribution in [0.5, 0.6) is 0 Å². The lowest BCUT2D eigenvalue weighted by atomic mass is 10.4. The molecule has 2 aromatic rings. The zero-order chi connectivity index (χ0) is 17.5. The maximum Gasteiger partial charge on any atom is 0.126 e. The van der Waals surface area contributed by atoms with Gasteiger partial charge in [-0.2, -0.15) is 0 Å². The molecule has 2 heteroatoms. The minimum absolute atomic E-state index is 0.167. The highest BCUT2D eigenvalue weighted by atomic mass is 16.4. The predicted octanol–water partition coefficient (Wildman–Crippen LogP) is 5.65. The van der Waals surface area contributed by atoms with Crippen molar-refractivity contribution < 1.29 is 9.53 Å². The van der Waals surface area contributed by atoms with Crippen molar-refractivity contribution in [3.05, 3.63) is 72.8 Å². The molecule has 0 saturated carbocycles. The van der Waals surface area contributed by atoms with Crippen LogP contribution in [0.2, 0.25) is 0 Å². The van der Waals surface area contributed by atoms with Crippen molar-refractivity contribution in [3.63, 3.8) is 0 Å². The van der Waals surface area contributed by atoms with Crippen LogP contribution in [0, 0.1) is 0 Å². The van der Waals surface area contributed by atoms with Crippen LogP contribution in [0.3, 0.4) is 0 Å². The maximum atomic E-state index is 9.44. The zero-order valence-electron chi connectivity index (χ0n) is 15.0. The summed E-state index contributed by atoms with van der Waals surface area (Å²) in [6, 6.07) is 24.0. The fourth-order valence-corrected chi connectivity index (χ4v) is 0.770. The molecule has 0 N–H and O–H groups in total. The lowest BCUT2D eigenvalue weighted by Gasteiger charge is -1.69. The highest BCUT2D eigenvalue weighted by molar-refractivity contribution is 5.72. The molecule has 0 saturated heterocycles. The van der Waals surface area contributed by atoms with E-state index in [0.717, 1.165) is 0 Å². The largest absolute Gasteiger partial charge is 0.388 e. The molecule has 0 aliphatic heterocycles. The monoisotopic (exact) mass is 304 g/mol. The molecule has 2 rings (SSSR count). The van der Waals surface area contributed by atoms with Crippen LogP contribution < -0.4 is 0 Å². The van der Waals surface area contributed by atoms with E-state index in [4.69, 9.17) is 0 Å². The predicted molar refractivity (Wildman–Crippen MR) is 98.1 cm³/mol. The van der Waals surface area contributed by atoms with Crippen LogP contribution in [0.1, 0.15) is 34.1 Å². The molecule has 0 aliphatic rings. The van der Waals surface area contributed by atoms with Crippen LogP contribution in [0.4, 0.5) is 0 Å². The van der Waals surface area contributed by atoms with E-state index >= 15 is 0 Å². The normalized spacial score (nSPS) is 7.18. The molecule has 124 valence electrons. The van der Waals surface area contributed by atoms with Crippen LogP contribution in [0.15, 0.2) is 72.8 Å². The number of ketones is 1. The Morgan fingerprint density at radius 3 is 0.727 bits per heavy atom. The molecule has 0 amide bonds. The summed E-state index contributed by atoms with van der Waals surface area (Å²) < 4.78 is 4.25. The van der Waals surface area contributed by atoms with E-state index in [0.29, 0.717) is 0 Å². The maximum absolute atomic E-state index is 9.44. The first-order valence-electron chi connectivity index (χ1n) is 7.43. The second-order valence-electron chi connectivity index (χ2n) is 4.33. The summed E-state index contributed by atoms with van der Waals surface area (Å²) in [4.78, 5) is 9.44. The SMILES string of the molecule is CC(C)=O.CCC.COC.c1ccccc1.c1ccccc1.